The van der Waals surface area contributed by atoms with Crippen molar-refractivity contribution >= 4 is 25.3 Å². The number of aromatic amines is 2. The van der Waals surface area contributed by atoms with E-state index in [0.717, 1.165) is 75.7 Å². The first-order valence-electron chi connectivity index (χ1n) is 11.7. The molecule has 0 saturated heterocycles. The molecule has 0 bridgehead atoms. The Morgan fingerprint density at radius 2 is 1.09 bits per heavy atom. The molecule has 0 aliphatic carbocycles. The lowest BCUT2D eigenvalue weighted by Gasteiger charge is -2.27. The second kappa shape index (κ2) is 12.3. The van der Waals surface area contributed by atoms with Gasteiger partial charge in [0.15, 0.2) is 0 Å². The zero-order valence-corrected chi connectivity index (χ0v) is 21.7. The zero-order chi connectivity index (χ0) is 23.8. The fourth-order valence-electron chi connectivity index (χ4n) is 3.85. The molecule has 6 nitrogen and oxygen atoms in total. The van der Waals surface area contributed by atoms with E-state index in [1.807, 2.05) is 0 Å². The zero-order valence-electron chi connectivity index (χ0n) is 19.9. The van der Waals surface area contributed by atoms with Crippen LogP contribution < -0.4 is 11.1 Å². The summed E-state index contributed by atoms with van der Waals surface area (Å²) in [6.07, 6.45) is 9.95. The second-order valence-corrected chi connectivity index (χ2v) is 12.1. The van der Waals surface area contributed by atoms with Gasteiger partial charge in [0.1, 0.15) is 11.5 Å². The van der Waals surface area contributed by atoms with Gasteiger partial charge >= 0.3 is 0 Å². The third kappa shape index (κ3) is 10.6. The maximum absolute atomic E-state index is 11.2. The molecule has 0 saturated carbocycles. The maximum atomic E-state index is 11.2. The lowest BCUT2D eigenvalue weighted by molar-refractivity contribution is 0.275. The summed E-state index contributed by atoms with van der Waals surface area (Å²) in [7, 11) is 0. The van der Waals surface area contributed by atoms with Crippen LogP contribution >= 0.6 is 25.3 Å². The Morgan fingerprint density at radius 1 is 0.719 bits per heavy atom. The number of aromatic nitrogens is 2. The van der Waals surface area contributed by atoms with Crippen molar-refractivity contribution < 1.29 is 9.05 Å². The summed E-state index contributed by atoms with van der Waals surface area (Å²) in [5, 5.41) is 5.45. The van der Waals surface area contributed by atoms with Crippen molar-refractivity contribution in [3.63, 3.8) is 0 Å². The number of thiol groups is 2. The van der Waals surface area contributed by atoms with Crippen LogP contribution in [0.4, 0.5) is 0 Å². The van der Waals surface area contributed by atoms with Gasteiger partial charge in [-0.1, -0.05) is 27.7 Å². The van der Waals surface area contributed by atoms with E-state index in [4.69, 9.17) is 34.3 Å². The molecule has 2 unspecified atom stereocenters. The van der Waals surface area contributed by atoms with Crippen molar-refractivity contribution in [3.05, 3.63) is 44.4 Å². The van der Waals surface area contributed by atoms with Crippen molar-refractivity contribution in [1.82, 2.24) is 10.3 Å². The first-order chi connectivity index (χ1) is 14.9. The van der Waals surface area contributed by atoms with Gasteiger partial charge in [-0.3, -0.25) is 9.59 Å². The summed E-state index contributed by atoms with van der Waals surface area (Å²) in [6, 6.07) is 3.06. The molecule has 182 valence electrons. The van der Waals surface area contributed by atoms with Gasteiger partial charge in [0, 0.05) is 35.5 Å². The van der Waals surface area contributed by atoms with Crippen LogP contribution in [-0.2, 0) is 12.8 Å². The number of hydrogen-bond donors (Lipinski definition) is 4. The van der Waals surface area contributed by atoms with E-state index in [0.29, 0.717) is 10.5 Å². The Hall–Kier alpha value is -1.28. The number of rotatable bonds is 15. The van der Waals surface area contributed by atoms with Gasteiger partial charge in [0.25, 0.3) is 11.1 Å². The van der Waals surface area contributed by atoms with E-state index in [1.54, 1.807) is 0 Å². The predicted octanol–water partition coefficient (Wildman–Crippen LogP) is 5.80. The van der Waals surface area contributed by atoms with Crippen LogP contribution in [0.25, 0.3) is 0 Å². The van der Waals surface area contributed by atoms with Crippen LogP contribution in [-0.4, -0.2) is 20.8 Å². The Balaban J connectivity index is 1.61. The maximum Gasteiger partial charge on any atom is 0.280 e. The Bertz CT molecular complexity index is 835. The normalized spacial score (nSPS) is 14.6. The van der Waals surface area contributed by atoms with Crippen molar-refractivity contribution in [3.8, 4) is 0 Å². The molecule has 0 spiro atoms. The molecule has 0 fully saturated rings. The minimum atomic E-state index is -0.174. The molecule has 0 aliphatic heterocycles. The highest BCUT2D eigenvalue weighted by Crippen LogP contribution is 2.33. The van der Waals surface area contributed by atoms with Gasteiger partial charge in [-0.2, -0.15) is 35.6 Å². The SMILES string of the molecule is CC(C)(CCc1cc(=O)[nH]o1)CCC(S)CCC(S)CCC(C)(C)CCc1cc(=O)[nH]o1. The summed E-state index contributed by atoms with van der Waals surface area (Å²) in [5.74, 6) is 1.45. The van der Waals surface area contributed by atoms with Gasteiger partial charge in [-0.25, -0.2) is 0 Å². The van der Waals surface area contributed by atoms with E-state index < -0.39 is 0 Å². The van der Waals surface area contributed by atoms with Gasteiger partial charge in [0.2, 0.25) is 0 Å². The number of H-pyrrole nitrogens is 2. The smallest absolute Gasteiger partial charge is 0.280 e. The van der Waals surface area contributed by atoms with Crippen molar-refractivity contribution in [2.45, 2.75) is 102 Å². The highest BCUT2D eigenvalue weighted by molar-refractivity contribution is 7.81. The van der Waals surface area contributed by atoms with Crippen LogP contribution in [0, 0.1) is 10.8 Å². The molecular formula is C24H40N2O4S2. The third-order valence-electron chi connectivity index (χ3n) is 6.39. The van der Waals surface area contributed by atoms with Gasteiger partial charge in [0.05, 0.1) is 0 Å². The molecule has 2 aromatic rings. The summed E-state index contributed by atoms with van der Waals surface area (Å²) in [5.41, 5.74) is 0.0125. The first-order valence-corrected chi connectivity index (χ1v) is 12.7. The van der Waals surface area contributed by atoms with E-state index in [2.05, 4.69) is 38.0 Å². The lowest BCUT2D eigenvalue weighted by Crippen LogP contribution is -2.17. The Morgan fingerprint density at radius 3 is 1.41 bits per heavy atom. The molecule has 0 aromatic carbocycles. The predicted molar refractivity (Wildman–Crippen MR) is 136 cm³/mol. The molecule has 2 N–H and O–H groups in total. The molecule has 0 radical (unpaired) electrons. The van der Waals surface area contributed by atoms with Gasteiger partial charge in [-0.15, -0.1) is 0 Å². The molecule has 2 rings (SSSR count). The fraction of sp³-hybridized carbons (Fsp3) is 0.750. The quantitative estimate of drug-likeness (QED) is 0.240. The van der Waals surface area contributed by atoms with Crippen LogP contribution in [0.2, 0.25) is 0 Å². The molecule has 2 atom stereocenters. The van der Waals surface area contributed by atoms with Crippen molar-refractivity contribution in [2.24, 2.45) is 10.8 Å². The van der Waals surface area contributed by atoms with Gasteiger partial charge in [-0.05, 0) is 62.2 Å². The molecule has 2 heterocycles. The van der Waals surface area contributed by atoms with Crippen LogP contribution in [0.15, 0.2) is 30.8 Å². The van der Waals surface area contributed by atoms with E-state index in [9.17, 15) is 9.59 Å². The molecule has 8 heteroatoms. The number of nitrogens with one attached hydrogen (secondary N) is 2. The van der Waals surface area contributed by atoms with E-state index in [1.165, 1.54) is 12.1 Å². The largest absolute Gasteiger partial charge is 0.384 e. The molecule has 0 aliphatic rings. The Kier molecular flexibility index (Phi) is 10.3. The van der Waals surface area contributed by atoms with E-state index in [-0.39, 0.29) is 21.9 Å². The first kappa shape index (κ1) is 27.0. The van der Waals surface area contributed by atoms with Crippen LogP contribution in [0.3, 0.4) is 0 Å². The fourth-order valence-corrected chi connectivity index (χ4v) is 4.41. The summed E-state index contributed by atoms with van der Waals surface area (Å²) < 4.78 is 10.3. The standard InChI is InChI=1S/C24H40N2O4S2/c1-23(2,11-7-17-15-21(27)25-29-17)13-9-19(31)5-6-20(32)10-14-24(3,4)12-8-18-16-22(28)26-30-18/h15-16,19-20,31-32H,5-14H2,1-4H3,(H,25,27)(H,26,28). The van der Waals surface area contributed by atoms with E-state index >= 15 is 0 Å². The number of aryl methyl sites for hydroxylation is 2. The number of hydrogen-bond acceptors (Lipinski definition) is 6. The molecule has 0 amide bonds. The monoisotopic (exact) mass is 484 g/mol. The Labute approximate surface area is 202 Å². The van der Waals surface area contributed by atoms with Crippen molar-refractivity contribution in [1.29, 1.82) is 0 Å². The highest BCUT2D eigenvalue weighted by atomic mass is 32.1. The highest BCUT2D eigenvalue weighted by Gasteiger charge is 2.22. The molecular weight excluding hydrogens is 444 g/mol. The van der Waals surface area contributed by atoms with Crippen LogP contribution in [0.5, 0.6) is 0 Å². The minimum Gasteiger partial charge on any atom is -0.384 e. The average Bonchev–Trinajstić information content (AvgIpc) is 3.34. The van der Waals surface area contributed by atoms with Crippen LogP contribution in [0.1, 0.15) is 90.6 Å². The molecule has 2 aromatic heterocycles. The lowest BCUT2D eigenvalue weighted by atomic mass is 9.81. The van der Waals surface area contributed by atoms with Gasteiger partial charge < -0.3 is 9.05 Å². The minimum absolute atomic E-state index is 0.174. The van der Waals surface area contributed by atoms with Crippen molar-refractivity contribution in [2.75, 3.05) is 0 Å². The summed E-state index contributed by atoms with van der Waals surface area (Å²) in [4.78, 5) is 22.3. The summed E-state index contributed by atoms with van der Waals surface area (Å²) in [6.45, 7) is 9.06. The summed E-state index contributed by atoms with van der Waals surface area (Å²) >= 11 is 9.64. The topological polar surface area (TPSA) is 92.0 Å². The molecule has 32 heavy (non-hydrogen) atoms. The third-order valence-corrected chi connectivity index (χ3v) is 7.42. The second-order valence-electron chi connectivity index (χ2n) is 10.6. The average molecular weight is 485 g/mol.